The number of pyridine rings is 1. The smallest absolute Gasteiger partial charge is 0.410 e. The molecule has 0 amide bonds. The lowest BCUT2D eigenvalue weighted by molar-refractivity contribution is -0.0000113. The number of alkyl halides is 2. The fourth-order valence-electron chi connectivity index (χ4n) is 4.29. The zero-order valence-electron chi connectivity index (χ0n) is 17.7. The molecule has 5 heteroatoms. The van der Waals surface area contributed by atoms with Crippen LogP contribution in [0.1, 0.15) is 5.69 Å². The molecule has 164 valence electrons. The maximum absolute atomic E-state index is 17.0. The van der Waals surface area contributed by atoms with Gasteiger partial charge in [-0.2, -0.15) is 8.78 Å². The van der Waals surface area contributed by atoms with Crippen molar-refractivity contribution in [2.24, 2.45) is 0 Å². The minimum atomic E-state index is -3.45. The van der Waals surface area contributed by atoms with Crippen LogP contribution < -0.4 is 32.9 Å². The van der Waals surface area contributed by atoms with Gasteiger partial charge in [0, 0.05) is 5.39 Å². The lowest BCUT2D eigenvalue weighted by Gasteiger charge is -2.33. The first-order valence-electron chi connectivity index (χ1n) is 10.4. The Balaban J connectivity index is 0.00000259. The highest BCUT2D eigenvalue weighted by Crippen LogP contribution is 2.71. The number of para-hydroxylation sites is 1. The van der Waals surface area contributed by atoms with Crippen LogP contribution in [0.3, 0.4) is 0 Å². The number of hydrogen-bond donors (Lipinski definition) is 0. The maximum Gasteiger partial charge on any atom is 0.410 e. The third-order valence-electron chi connectivity index (χ3n) is 5.76. The van der Waals surface area contributed by atoms with Crippen molar-refractivity contribution in [2.45, 2.75) is 5.66 Å². The summed E-state index contributed by atoms with van der Waals surface area (Å²) in [5, 5.41) is 2.71. The lowest BCUT2D eigenvalue weighted by atomic mass is 10.2. The van der Waals surface area contributed by atoms with Crippen molar-refractivity contribution < 1.29 is 25.8 Å². The number of aromatic nitrogens is 1. The van der Waals surface area contributed by atoms with E-state index in [2.05, 4.69) is 4.98 Å². The third kappa shape index (κ3) is 3.88. The van der Waals surface area contributed by atoms with E-state index in [0.29, 0.717) is 21.4 Å². The van der Waals surface area contributed by atoms with Gasteiger partial charge in [-0.1, -0.05) is 78.9 Å². The van der Waals surface area contributed by atoms with Crippen molar-refractivity contribution in [3.05, 3.63) is 133 Å². The van der Waals surface area contributed by atoms with Gasteiger partial charge in [-0.25, -0.2) is 4.98 Å². The second-order valence-corrected chi connectivity index (χ2v) is 11.1. The van der Waals surface area contributed by atoms with Crippen LogP contribution in [-0.4, -0.2) is 4.98 Å². The van der Waals surface area contributed by atoms with Gasteiger partial charge in [-0.3, -0.25) is 0 Å². The van der Waals surface area contributed by atoms with E-state index in [0.717, 1.165) is 5.39 Å². The van der Waals surface area contributed by atoms with Gasteiger partial charge < -0.3 is 17.0 Å². The molecular formula is C28H21BrF2NP. The van der Waals surface area contributed by atoms with Gasteiger partial charge in [0.1, 0.15) is 15.9 Å². The van der Waals surface area contributed by atoms with E-state index >= 15 is 8.78 Å². The Hall–Kier alpha value is -2.94. The van der Waals surface area contributed by atoms with Crippen LogP contribution >= 0.6 is 7.26 Å². The van der Waals surface area contributed by atoms with Gasteiger partial charge in [0.05, 0.1) is 5.52 Å². The molecule has 33 heavy (non-hydrogen) atoms. The summed E-state index contributed by atoms with van der Waals surface area (Å²) < 4.78 is 34.1. The SMILES string of the molecule is FC(F)(c1ccc2ccccc2n1)[P+](c1ccccc1)(c1ccccc1)c1ccccc1.[Br-]. The predicted octanol–water partition coefficient (Wildman–Crippen LogP) is 3.28. The highest BCUT2D eigenvalue weighted by Gasteiger charge is 2.67. The fourth-order valence-corrected chi connectivity index (χ4v) is 8.49. The van der Waals surface area contributed by atoms with E-state index in [1.54, 1.807) is 12.1 Å². The average Bonchev–Trinajstić information content (AvgIpc) is 2.86. The van der Waals surface area contributed by atoms with E-state index in [1.165, 1.54) is 6.07 Å². The zero-order valence-corrected chi connectivity index (χ0v) is 20.1. The molecule has 0 fully saturated rings. The highest BCUT2D eigenvalue weighted by atomic mass is 79.9. The molecule has 5 aromatic rings. The Bertz CT molecular complexity index is 1250. The molecule has 0 aliphatic rings. The molecular weight excluding hydrogens is 499 g/mol. The molecule has 0 saturated carbocycles. The topological polar surface area (TPSA) is 12.9 Å². The van der Waals surface area contributed by atoms with Crippen molar-refractivity contribution in [3.63, 3.8) is 0 Å². The van der Waals surface area contributed by atoms with Crippen LogP contribution in [0.4, 0.5) is 8.78 Å². The van der Waals surface area contributed by atoms with Gasteiger partial charge in [0.25, 0.3) is 0 Å². The van der Waals surface area contributed by atoms with E-state index in [9.17, 15) is 0 Å². The minimum Gasteiger partial charge on any atom is -1.00 e. The fraction of sp³-hybridized carbons (Fsp3) is 0.0357. The summed E-state index contributed by atoms with van der Waals surface area (Å²) in [7, 11) is -3.45. The van der Waals surface area contributed by atoms with Crippen LogP contribution in [0.25, 0.3) is 10.9 Å². The first-order valence-corrected chi connectivity index (χ1v) is 12.2. The van der Waals surface area contributed by atoms with Crippen LogP contribution in [0, 0.1) is 0 Å². The van der Waals surface area contributed by atoms with Gasteiger partial charge in [-0.05, 0) is 48.5 Å². The second-order valence-electron chi connectivity index (χ2n) is 7.61. The summed E-state index contributed by atoms with van der Waals surface area (Å²) in [4.78, 5) is 4.47. The largest absolute Gasteiger partial charge is 1.00 e. The number of hydrogen-bond acceptors (Lipinski definition) is 1. The second kappa shape index (κ2) is 9.51. The molecule has 0 bridgehead atoms. The Morgan fingerprint density at radius 3 is 1.42 bits per heavy atom. The summed E-state index contributed by atoms with van der Waals surface area (Å²) >= 11 is 0. The van der Waals surface area contributed by atoms with Crippen molar-refractivity contribution in [1.29, 1.82) is 0 Å². The van der Waals surface area contributed by atoms with E-state index in [4.69, 9.17) is 0 Å². The van der Waals surface area contributed by atoms with Crippen LogP contribution in [0.15, 0.2) is 127 Å². The Labute approximate surface area is 203 Å². The number of benzene rings is 4. The van der Waals surface area contributed by atoms with Gasteiger partial charge in [0.15, 0.2) is 13.0 Å². The maximum atomic E-state index is 17.0. The van der Waals surface area contributed by atoms with Crippen molar-refractivity contribution in [2.75, 3.05) is 0 Å². The zero-order chi connectivity index (χ0) is 22.0. The minimum absolute atomic E-state index is 0. The molecule has 0 saturated heterocycles. The monoisotopic (exact) mass is 519 g/mol. The van der Waals surface area contributed by atoms with Crippen molar-refractivity contribution in [3.8, 4) is 0 Å². The molecule has 0 atom stereocenters. The summed E-state index contributed by atoms with van der Waals surface area (Å²) in [6, 6.07) is 38.1. The molecule has 1 aromatic heterocycles. The van der Waals surface area contributed by atoms with Gasteiger partial charge >= 0.3 is 5.66 Å². The summed E-state index contributed by atoms with van der Waals surface area (Å²) in [6.07, 6.45) is 0. The Morgan fingerprint density at radius 2 is 0.939 bits per heavy atom. The van der Waals surface area contributed by atoms with Crippen LogP contribution in [-0.2, 0) is 5.66 Å². The molecule has 4 aromatic carbocycles. The molecule has 0 aliphatic carbocycles. The molecule has 0 unspecified atom stereocenters. The van der Waals surface area contributed by atoms with E-state index < -0.39 is 12.9 Å². The Kier molecular flexibility index (Phi) is 6.69. The van der Waals surface area contributed by atoms with Crippen LogP contribution in [0.5, 0.6) is 0 Å². The average molecular weight is 520 g/mol. The lowest BCUT2D eigenvalue weighted by Crippen LogP contribution is -3.00. The molecule has 0 spiro atoms. The standard InChI is InChI=1S/C28H21F2NP.BrH/c29-28(30,27-21-20-22-12-10-11-19-26(22)31-27)32(23-13-4-1-5-14-23,24-15-6-2-7-16-24)25-17-8-3-9-18-25;/h1-21H;1H/q+1;/p-1. The number of halogens is 3. The normalized spacial score (nSPS) is 11.7. The first-order chi connectivity index (χ1) is 15.6. The number of nitrogens with zero attached hydrogens (tertiary/aromatic N) is 1. The van der Waals surface area contributed by atoms with Gasteiger partial charge in [0.2, 0.25) is 0 Å². The summed E-state index contributed by atoms with van der Waals surface area (Å²) in [6.45, 7) is 0. The molecule has 1 heterocycles. The molecule has 0 aliphatic heterocycles. The number of rotatable bonds is 5. The number of fused-ring (bicyclic) bond motifs is 1. The summed E-state index contributed by atoms with van der Waals surface area (Å²) in [5.74, 6) is 0. The van der Waals surface area contributed by atoms with Crippen molar-refractivity contribution in [1.82, 2.24) is 4.98 Å². The highest BCUT2D eigenvalue weighted by molar-refractivity contribution is 7.96. The van der Waals surface area contributed by atoms with Crippen LogP contribution in [0.2, 0.25) is 0 Å². The molecule has 0 radical (unpaired) electrons. The molecule has 0 N–H and O–H groups in total. The quantitative estimate of drug-likeness (QED) is 0.325. The Morgan fingerprint density at radius 1 is 0.515 bits per heavy atom. The predicted molar refractivity (Wildman–Crippen MR) is 131 cm³/mol. The van der Waals surface area contributed by atoms with Gasteiger partial charge in [-0.15, -0.1) is 0 Å². The van der Waals surface area contributed by atoms with E-state index in [1.807, 2.05) is 109 Å². The molecule has 5 rings (SSSR count). The third-order valence-corrected chi connectivity index (χ3v) is 10.0. The first kappa shape index (κ1) is 23.2. The van der Waals surface area contributed by atoms with Crippen molar-refractivity contribution >= 4 is 34.1 Å². The summed E-state index contributed by atoms with van der Waals surface area (Å²) in [5.41, 5.74) is -2.88. The molecule has 1 nitrogen and oxygen atoms in total. The van der Waals surface area contributed by atoms with E-state index in [-0.39, 0.29) is 22.7 Å².